The molecule has 0 bridgehead atoms. The van der Waals surface area contributed by atoms with Gasteiger partial charge < -0.3 is 14.2 Å². The van der Waals surface area contributed by atoms with E-state index in [2.05, 4.69) is 33.9 Å². The molecule has 0 aromatic heterocycles. The van der Waals surface area contributed by atoms with Crippen molar-refractivity contribution in [3.8, 4) is 0 Å². The fraction of sp³-hybridized carbons (Fsp3) is 0.923. The predicted octanol–water partition coefficient (Wildman–Crippen LogP) is 3.31. The third-order valence-corrected chi connectivity index (χ3v) is 9.12. The van der Waals surface area contributed by atoms with Crippen molar-refractivity contribution in [2.45, 2.75) is 71.2 Å². The van der Waals surface area contributed by atoms with Gasteiger partial charge in [0, 0.05) is 12.5 Å². The zero-order chi connectivity index (χ0) is 16.2. The third-order valence-electron chi connectivity index (χ3n) is 3.75. The number of hydrogen-bond donors (Lipinski definition) is 2. The van der Waals surface area contributed by atoms with E-state index in [4.69, 9.17) is 14.2 Å². The Balaban J connectivity index is 4.10. The molecule has 5 nitrogen and oxygen atoms in total. The first-order valence-electron chi connectivity index (χ1n) is 6.99. The van der Waals surface area contributed by atoms with E-state index >= 15 is 0 Å². The minimum absolute atomic E-state index is 0.0683. The largest absolute Gasteiger partial charge is 0.414 e. The average Bonchev–Trinajstić information content (AvgIpc) is 2.11. The maximum atomic E-state index is 11.4. The van der Waals surface area contributed by atoms with Gasteiger partial charge in [0.05, 0.1) is 0 Å². The van der Waals surface area contributed by atoms with E-state index in [0.717, 1.165) is 6.42 Å². The molecule has 0 saturated heterocycles. The Kier molecular flexibility index (Phi) is 7.32. The lowest BCUT2D eigenvalue weighted by atomic mass is 10.1. The first kappa shape index (κ1) is 20.0. The summed E-state index contributed by atoms with van der Waals surface area (Å²) in [7, 11) is -6.01. The number of hydrogen-bond acceptors (Lipinski definition) is 3. The van der Waals surface area contributed by atoms with E-state index in [-0.39, 0.29) is 23.3 Å². The summed E-state index contributed by atoms with van der Waals surface area (Å²) < 4.78 is 16.9. The summed E-state index contributed by atoms with van der Waals surface area (Å²) >= 11 is 0. The quantitative estimate of drug-likeness (QED) is 0.528. The van der Waals surface area contributed by atoms with Crippen molar-refractivity contribution in [3.05, 3.63) is 0 Å². The summed E-state index contributed by atoms with van der Waals surface area (Å²) in [5.41, 5.74) is 0. The molecule has 0 aromatic rings. The molecule has 0 heterocycles. The van der Waals surface area contributed by atoms with Crippen LogP contribution in [0.15, 0.2) is 0 Å². The second-order valence-corrected chi connectivity index (χ2v) is 13.3. The molecule has 0 unspecified atom stereocenters. The SMILES string of the molecule is C[C@@H](CCCC(=O)CP(=O)(O)O)O[Si](C)(C)C(C)(C)C. The molecule has 0 aromatic carbocycles. The minimum atomic E-state index is -4.22. The summed E-state index contributed by atoms with van der Waals surface area (Å²) in [5, 5.41) is 0.150. The summed E-state index contributed by atoms with van der Waals surface area (Å²) in [5.74, 6) is -0.377. The van der Waals surface area contributed by atoms with Crippen molar-refractivity contribution >= 4 is 21.7 Å². The van der Waals surface area contributed by atoms with Crippen LogP contribution in [0.5, 0.6) is 0 Å². The Morgan fingerprint density at radius 1 is 1.30 bits per heavy atom. The zero-order valence-corrected chi connectivity index (χ0v) is 15.4. The Morgan fingerprint density at radius 2 is 1.80 bits per heavy atom. The number of rotatable bonds is 8. The van der Waals surface area contributed by atoms with Crippen LogP contribution in [0.25, 0.3) is 0 Å². The molecular weight excluding hydrogens is 295 g/mol. The lowest BCUT2D eigenvalue weighted by Gasteiger charge is -2.38. The first-order valence-corrected chi connectivity index (χ1v) is 11.7. The highest BCUT2D eigenvalue weighted by Gasteiger charge is 2.38. The minimum Gasteiger partial charge on any atom is -0.414 e. The molecule has 0 aliphatic heterocycles. The molecule has 0 rings (SSSR count). The maximum Gasteiger partial charge on any atom is 0.332 e. The van der Waals surface area contributed by atoms with Gasteiger partial charge in [-0.1, -0.05) is 20.8 Å². The second kappa shape index (κ2) is 7.32. The number of ketones is 1. The summed E-state index contributed by atoms with van der Waals surface area (Å²) in [4.78, 5) is 28.8. The molecule has 2 N–H and O–H groups in total. The van der Waals surface area contributed by atoms with Crippen molar-refractivity contribution in [2.75, 3.05) is 6.16 Å². The Bertz CT molecular complexity index is 369. The van der Waals surface area contributed by atoms with Gasteiger partial charge in [0.15, 0.2) is 8.32 Å². The van der Waals surface area contributed by atoms with Gasteiger partial charge in [-0.2, -0.15) is 0 Å². The van der Waals surface area contributed by atoms with Crippen LogP contribution in [0.3, 0.4) is 0 Å². The monoisotopic (exact) mass is 324 g/mol. The van der Waals surface area contributed by atoms with Crippen molar-refractivity contribution < 1.29 is 23.6 Å². The molecule has 0 amide bonds. The Hall–Kier alpha value is -0.00312. The van der Waals surface area contributed by atoms with E-state index in [9.17, 15) is 9.36 Å². The first-order chi connectivity index (χ1) is 8.74. The van der Waals surface area contributed by atoms with Crippen LogP contribution in [-0.4, -0.2) is 36.2 Å². The fourth-order valence-electron chi connectivity index (χ4n) is 1.63. The molecule has 0 fully saturated rings. The highest BCUT2D eigenvalue weighted by molar-refractivity contribution is 7.52. The van der Waals surface area contributed by atoms with Crippen LogP contribution < -0.4 is 0 Å². The number of Topliss-reactive ketones (excluding diaryl/α,β-unsaturated/α-hetero) is 1. The van der Waals surface area contributed by atoms with Crippen molar-refractivity contribution in [1.82, 2.24) is 0 Å². The number of carbonyl (C=O) groups excluding carboxylic acids is 1. The van der Waals surface area contributed by atoms with Crippen molar-refractivity contribution in [1.29, 1.82) is 0 Å². The van der Waals surface area contributed by atoms with E-state index in [1.54, 1.807) is 0 Å². The second-order valence-electron chi connectivity index (χ2n) is 6.94. The Labute approximate surface area is 123 Å². The predicted molar refractivity (Wildman–Crippen MR) is 83.5 cm³/mol. The van der Waals surface area contributed by atoms with Gasteiger partial charge in [-0.3, -0.25) is 9.36 Å². The van der Waals surface area contributed by atoms with Gasteiger partial charge >= 0.3 is 7.60 Å². The van der Waals surface area contributed by atoms with E-state index in [0.29, 0.717) is 6.42 Å². The molecule has 0 radical (unpaired) electrons. The molecule has 0 saturated carbocycles. The highest BCUT2D eigenvalue weighted by atomic mass is 31.2. The molecule has 7 heteroatoms. The molecule has 0 spiro atoms. The highest BCUT2D eigenvalue weighted by Crippen LogP contribution is 2.38. The third kappa shape index (κ3) is 8.32. The van der Waals surface area contributed by atoms with E-state index in [1.165, 1.54) is 0 Å². The number of carbonyl (C=O) groups is 1. The fourth-order valence-corrected chi connectivity index (χ4v) is 3.73. The van der Waals surface area contributed by atoms with Crippen LogP contribution in [0.4, 0.5) is 0 Å². The van der Waals surface area contributed by atoms with E-state index in [1.807, 2.05) is 6.92 Å². The standard InChI is InChI=1S/C13H29O5PSi/c1-11(18-20(5,6)13(2,3)4)8-7-9-12(14)10-19(15,16)17/h11H,7-10H2,1-6H3,(H2,15,16,17)/t11-/m0/s1. The summed E-state index contributed by atoms with van der Waals surface area (Å²) in [6.45, 7) is 12.9. The van der Waals surface area contributed by atoms with Gasteiger partial charge in [0.25, 0.3) is 0 Å². The molecule has 1 atom stereocenters. The molecule has 120 valence electrons. The zero-order valence-electron chi connectivity index (χ0n) is 13.5. The summed E-state index contributed by atoms with van der Waals surface area (Å²) in [6, 6.07) is 0. The molecule has 0 aliphatic carbocycles. The van der Waals surface area contributed by atoms with Gasteiger partial charge in [-0.15, -0.1) is 0 Å². The van der Waals surface area contributed by atoms with Gasteiger partial charge in [0.1, 0.15) is 11.9 Å². The van der Waals surface area contributed by atoms with Crippen LogP contribution in [0, 0.1) is 0 Å². The van der Waals surface area contributed by atoms with Gasteiger partial charge in [0.2, 0.25) is 0 Å². The van der Waals surface area contributed by atoms with Crippen LogP contribution >= 0.6 is 7.60 Å². The smallest absolute Gasteiger partial charge is 0.332 e. The molecular formula is C13H29O5PSi. The van der Waals surface area contributed by atoms with E-state index < -0.39 is 22.1 Å². The maximum absolute atomic E-state index is 11.4. The molecule has 20 heavy (non-hydrogen) atoms. The average molecular weight is 324 g/mol. The van der Waals surface area contributed by atoms with Crippen molar-refractivity contribution in [2.24, 2.45) is 0 Å². The Morgan fingerprint density at radius 3 is 2.20 bits per heavy atom. The van der Waals surface area contributed by atoms with Crippen LogP contribution in [0.1, 0.15) is 47.0 Å². The molecule has 0 aliphatic rings. The van der Waals surface area contributed by atoms with Gasteiger partial charge in [-0.05, 0) is 37.9 Å². The van der Waals surface area contributed by atoms with Crippen molar-refractivity contribution in [3.63, 3.8) is 0 Å². The van der Waals surface area contributed by atoms with Gasteiger partial charge in [-0.25, -0.2) is 0 Å². The van der Waals surface area contributed by atoms with Crippen LogP contribution in [0.2, 0.25) is 18.1 Å². The topological polar surface area (TPSA) is 83.8 Å². The summed E-state index contributed by atoms with van der Waals surface area (Å²) in [6.07, 6.45) is 0.966. The van der Waals surface area contributed by atoms with Crippen LogP contribution in [-0.2, 0) is 13.8 Å². The normalized spacial score (nSPS) is 15.2. The lowest BCUT2D eigenvalue weighted by Crippen LogP contribution is -2.43. The lowest BCUT2D eigenvalue weighted by molar-refractivity contribution is -0.117.